The number of carbonyl (C=O) groups excluding carboxylic acids is 1. The molecule has 0 aliphatic heterocycles. The maximum atomic E-state index is 12.3. The summed E-state index contributed by atoms with van der Waals surface area (Å²) in [4.78, 5) is 14.5. The van der Waals surface area contributed by atoms with Crippen LogP contribution in [0.5, 0.6) is 0 Å². The van der Waals surface area contributed by atoms with E-state index >= 15 is 0 Å². The number of benzene rings is 2. The second-order valence-corrected chi connectivity index (χ2v) is 6.91. The first-order valence-electron chi connectivity index (χ1n) is 8.94. The second-order valence-electron chi connectivity index (χ2n) is 6.91. The van der Waals surface area contributed by atoms with Gasteiger partial charge in [-0.2, -0.15) is 0 Å². The zero-order valence-electron chi connectivity index (χ0n) is 15.7. The predicted octanol–water partition coefficient (Wildman–Crippen LogP) is 4.28. The zero-order valence-corrected chi connectivity index (χ0v) is 15.7. The normalized spacial score (nSPS) is 14.8. The lowest BCUT2D eigenvalue weighted by molar-refractivity contribution is -0.168. The van der Waals surface area contributed by atoms with Crippen LogP contribution in [-0.2, 0) is 21.6 Å². The summed E-state index contributed by atoms with van der Waals surface area (Å²) in [6.07, 6.45) is 1.04. The average molecular weight is 339 g/mol. The van der Waals surface area contributed by atoms with E-state index in [1.54, 1.807) is 0 Å². The van der Waals surface area contributed by atoms with Crippen LogP contribution >= 0.6 is 0 Å². The van der Waals surface area contributed by atoms with Crippen molar-refractivity contribution in [2.24, 2.45) is 5.92 Å². The van der Waals surface area contributed by atoms with Crippen molar-refractivity contribution >= 4 is 5.97 Å². The molecule has 0 aliphatic rings. The highest BCUT2D eigenvalue weighted by molar-refractivity contribution is 5.69. The van der Waals surface area contributed by atoms with E-state index in [-0.39, 0.29) is 11.9 Å². The van der Waals surface area contributed by atoms with Crippen LogP contribution in [0.25, 0.3) is 0 Å². The van der Waals surface area contributed by atoms with Gasteiger partial charge in [-0.05, 0) is 25.2 Å². The van der Waals surface area contributed by atoms with Crippen molar-refractivity contribution in [3.8, 4) is 0 Å². The van der Waals surface area contributed by atoms with Gasteiger partial charge < -0.3 is 9.64 Å². The van der Waals surface area contributed by atoms with Gasteiger partial charge in [0.2, 0.25) is 0 Å². The Balaban J connectivity index is 2.53. The number of nitrogens with zero attached hydrogens (tertiary/aromatic N) is 1. The van der Waals surface area contributed by atoms with Gasteiger partial charge in [0.25, 0.3) is 0 Å². The smallest absolute Gasteiger partial charge is 0.306 e. The molecule has 0 radical (unpaired) electrons. The molecule has 2 atom stereocenters. The molecule has 2 rings (SSSR count). The van der Waals surface area contributed by atoms with Crippen molar-refractivity contribution in [2.75, 3.05) is 20.6 Å². The Morgan fingerprint density at radius 2 is 1.60 bits per heavy atom. The van der Waals surface area contributed by atoms with Gasteiger partial charge in [-0.25, -0.2) is 0 Å². The highest BCUT2D eigenvalue weighted by Crippen LogP contribution is 2.38. The Morgan fingerprint density at radius 1 is 1.04 bits per heavy atom. The lowest BCUT2D eigenvalue weighted by atomic mass is 9.77. The molecule has 3 nitrogen and oxygen atoms in total. The van der Waals surface area contributed by atoms with Gasteiger partial charge in [0.1, 0.15) is 5.60 Å². The predicted molar refractivity (Wildman–Crippen MR) is 102 cm³/mol. The minimum Gasteiger partial charge on any atom is -0.453 e. The summed E-state index contributed by atoms with van der Waals surface area (Å²) in [7, 11) is 4.10. The molecule has 25 heavy (non-hydrogen) atoms. The molecule has 0 N–H and O–H groups in total. The average Bonchev–Trinajstić information content (AvgIpc) is 2.62. The molecule has 0 saturated carbocycles. The summed E-state index contributed by atoms with van der Waals surface area (Å²) in [6.45, 7) is 4.84. The molecule has 2 aromatic rings. The first-order valence-corrected chi connectivity index (χ1v) is 8.94. The zero-order chi connectivity index (χ0) is 18.3. The third-order valence-electron chi connectivity index (χ3n) is 4.59. The van der Waals surface area contributed by atoms with Crippen LogP contribution < -0.4 is 0 Å². The quantitative estimate of drug-likeness (QED) is 0.673. The summed E-state index contributed by atoms with van der Waals surface area (Å²) in [5.74, 6) is -0.0222. The highest BCUT2D eigenvalue weighted by Gasteiger charge is 2.42. The van der Waals surface area contributed by atoms with Gasteiger partial charge in [0, 0.05) is 25.3 Å². The van der Waals surface area contributed by atoms with Gasteiger partial charge in [-0.1, -0.05) is 74.5 Å². The number of hydrogen-bond acceptors (Lipinski definition) is 3. The van der Waals surface area contributed by atoms with Gasteiger partial charge in [-0.3, -0.25) is 4.79 Å². The van der Waals surface area contributed by atoms with Gasteiger partial charge >= 0.3 is 5.97 Å². The van der Waals surface area contributed by atoms with Gasteiger partial charge in [0.05, 0.1) is 0 Å². The minimum absolute atomic E-state index is 0.139. The SMILES string of the molecule is CCC(=O)O[C@](Cc1ccccc1)(c1ccccc1)[C@@H](C)CN(C)C. The van der Waals surface area contributed by atoms with Crippen LogP contribution in [0.15, 0.2) is 60.7 Å². The molecule has 0 aliphatic carbocycles. The van der Waals surface area contributed by atoms with Crippen molar-refractivity contribution in [1.82, 2.24) is 4.90 Å². The Labute approximate surface area is 151 Å². The maximum absolute atomic E-state index is 12.3. The summed E-state index contributed by atoms with van der Waals surface area (Å²) in [5, 5.41) is 0. The summed E-state index contributed by atoms with van der Waals surface area (Å²) >= 11 is 0. The molecule has 0 heterocycles. The second kappa shape index (κ2) is 8.82. The van der Waals surface area contributed by atoms with Crippen LogP contribution in [0.4, 0.5) is 0 Å². The summed E-state index contributed by atoms with van der Waals surface area (Å²) in [5.41, 5.74) is 1.54. The Morgan fingerprint density at radius 3 is 2.12 bits per heavy atom. The number of ether oxygens (including phenoxy) is 1. The lowest BCUT2D eigenvalue weighted by Gasteiger charge is -2.40. The number of carbonyl (C=O) groups is 1. The number of esters is 1. The molecule has 0 unspecified atom stereocenters. The third-order valence-corrected chi connectivity index (χ3v) is 4.59. The molecule has 0 aromatic heterocycles. The fourth-order valence-corrected chi connectivity index (χ4v) is 3.35. The monoisotopic (exact) mass is 339 g/mol. The summed E-state index contributed by atoms with van der Waals surface area (Å²) in [6, 6.07) is 20.4. The van der Waals surface area contributed by atoms with E-state index in [1.165, 1.54) is 5.56 Å². The lowest BCUT2D eigenvalue weighted by Crippen LogP contribution is -2.44. The van der Waals surface area contributed by atoms with Crippen molar-refractivity contribution in [1.29, 1.82) is 0 Å². The standard InChI is InChI=1S/C22H29NO2/c1-5-21(24)25-22(18(2)17-23(3)4,20-14-10-7-11-15-20)16-19-12-8-6-9-13-19/h6-15,18H,5,16-17H2,1-4H3/t18-,22-/m0/s1. The van der Waals surface area contributed by atoms with Crippen LogP contribution in [-0.4, -0.2) is 31.5 Å². The summed E-state index contributed by atoms with van der Waals surface area (Å²) < 4.78 is 6.17. The van der Waals surface area contributed by atoms with E-state index in [0.29, 0.717) is 12.8 Å². The van der Waals surface area contributed by atoms with Gasteiger partial charge in [-0.15, -0.1) is 0 Å². The Kier molecular flexibility index (Phi) is 6.77. The molecule has 0 spiro atoms. The fraction of sp³-hybridized carbons (Fsp3) is 0.409. The van der Waals surface area contributed by atoms with Crippen LogP contribution in [0.2, 0.25) is 0 Å². The Bertz CT molecular complexity index is 654. The first kappa shape index (κ1) is 19.2. The van der Waals surface area contributed by atoms with Crippen molar-refractivity contribution in [3.05, 3.63) is 71.8 Å². The molecule has 0 fully saturated rings. The molecular weight excluding hydrogens is 310 g/mol. The molecule has 134 valence electrons. The highest BCUT2D eigenvalue weighted by atomic mass is 16.6. The van der Waals surface area contributed by atoms with E-state index in [2.05, 4.69) is 50.2 Å². The molecular formula is C22H29NO2. The van der Waals surface area contributed by atoms with Crippen LogP contribution in [0, 0.1) is 5.92 Å². The molecule has 0 saturated heterocycles. The van der Waals surface area contributed by atoms with Crippen LogP contribution in [0.3, 0.4) is 0 Å². The van der Waals surface area contributed by atoms with Crippen LogP contribution in [0.1, 0.15) is 31.4 Å². The maximum Gasteiger partial charge on any atom is 0.306 e. The van der Waals surface area contributed by atoms with E-state index < -0.39 is 5.60 Å². The largest absolute Gasteiger partial charge is 0.453 e. The van der Waals surface area contributed by atoms with Crippen molar-refractivity contribution in [2.45, 2.75) is 32.3 Å². The van der Waals surface area contributed by atoms with E-state index in [1.807, 2.05) is 43.3 Å². The van der Waals surface area contributed by atoms with E-state index in [4.69, 9.17) is 4.74 Å². The number of rotatable bonds is 8. The van der Waals surface area contributed by atoms with E-state index in [9.17, 15) is 4.79 Å². The van der Waals surface area contributed by atoms with Crippen molar-refractivity contribution in [3.63, 3.8) is 0 Å². The van der Waals surface area contributed by atoms with Crippen molar-refractivity contribution < 1.29 is 9.53 Å². The topological polar surface area (TPSA) is 29.5 Å². The molecule has 0 bridgehead atoms. The molecule has 3 heteroatoms. The van der Waals surface area contributed by atoms with Gasteiger partial charge in [0.15, 0.2) is 0 Å². The molecule has 2 aromatic carbocycles. The Hall–Kier alpha value is -2.13. The minimum atomic E-state index is -0.681. The molecule has 0 amide bonds. The third kappa shape index (κ3) is 4.93. The number of hydrogen-bond donors (Lipinski definition) is 0. The fourth-order valence-electron chi connectivity index (χ4n) is 3.35. The first-order chi connectivity index (χ1) is 12.0. The van der Waals surface area contributed by atoms with E-state index in [0.717, 1.165) is 12.1 Å².